The summed E-state index contributed by atoms with van der Waals surface area (Å²) in [5.74, 6) is 0.200. The highest BCUT2D eigenvalue weighted by Gasteiger charge is 2.08. The maximum Gasteiger partial charge on any atom is 0.227 e. The van der Waals surface area contributed by atoms with Crippen molar-refractivity contribution in [3.8, 4) is 22.4 Å². The van der Waals surface area contributed by atoms with E-state index in [0.717, 1.165) is 11.3 Å². The number of hydrogen-bond donors (Lipinski definition) is 1. The van der Waals surface area contributed by atoms with Crippen molar-refractivity contribution in [3.63, 3.8) is 0 Å². The Hall–Kier alpha value is -2.17. The van der Waals surface area contributed by atoms with Gasteiger partial charge in [-0.2, -0.15) is 0 Å². The molecule has 0 bridgehead atoms. The van der Waals surface area contributed by atoms with E-state index >= 15 is 0 Å². The number of benzene rings is 2. The topological polar surface area (TPSA) is 42.0 Å². The normalized spacial score (nSPS) is 10.5. The molecule has 23 heavy (non-hydrogen) atoms. The summed E-state index contributed by atoms with van der Waals surface area (Å²) in [6, 6.07) is 18.5. The number of rotatable bonds is 5. The zero-order valence-electron chi connectivity index (χ0n) is 12.3. The molecule has 0 aliphatic carbocycles. The summed E-state index contributed by atoms with van der Waals surface area (Å²) in [6.45, 7) is 0. The van der Waals surface area contributed by atoms with Gasteiger partial charge in [-0.1, -0.05) is 54.6 Å². The third-order valence-electron chi connectivity index (χ3n) is 3.36. The maximum absolute atomic E-state index is 11.5. The number of hydrogen-bond acceptors (Lipinski definition) is 3. The van der Waals surface area contributed by atoms with E-state index in [2.05, 4.69) is 34.6 Å². The average molecular weight is 343 g/mol. The van der Waals surface area contributed by atoms with E-state index in [1.54, 1.807) is 0 Å². The Labute approximate surface area is 144 Å². The first-order chi connectivity index (χ1) is 11.3. The molecule has 0 saturated heterocycles. The number of carbonyl (C=O) groups is 1. The third kappa shape index (κ3) is 3.97. The molecular formula is C18H15ClN2OS. The van der Waals surface area contributed by atoms with E-state index in [1.165, 1.54) is 22.5 Å². The van der Waals surface area contributed by atoms with Crippen LogP contribution in [0.5, 0.6) is 0 Å². The van der Waals surface area contributed by atoms with Crippen LogP contribution >= 0.6 is 22.9 Å². The molecule has 0 spiro atoms. The molecule has 0 unspecified atom stereocenters. The van der Waals surface area contributed by atoms with Crippen molar-refractivity contribution in [1.82, 2.24) is 4.98 Å². The van der Waals surface area contributed by atoms with Gasteiger partial charge in [-0.05, 0) is 11.1 Å². The molecule has 3 aromatic rings. The monoisotopic (exact) mass is 342 g/mol. The Morgan fingerprint density at radius 2 is 1.65 bits per heavy atom. The second kappa shape index (κ2) is 7.40. The smallest absolute Gasteiger partial charge is 0.227 e. The van der Waals surface area contributed by atoms with Crippen LogP contribution < -0.4 is 5.32 Å². The van der Waals surface area contributed by atoms with Gasteiger partial charge in [0.2, 0.25) is 5.91 Å². The lowest BCUT2D eigenvalue weighted by atomic mass is 10.0. The first kappa shape index (κ1) is 15.7. The maximum atomic E-state index is 11.5. The minimum atomic E-state index is -0.111. The number of carbonyl (C=O) groups excluding carboxylic acids is 1. The van der Waals surface area contributed by atoms with E-state index in [-0.39, 0.29) is 5.91 Å². The molecule has 5 heteroatoms. The second-order valence-corrected chi connectivity index (χ2v) is 6.20. The first-order valence-electron chi connectivity index (χ1n) is 7.23. The molecule has 0 saturated carbocycles. The van der Waals surface area contributed by atoms with Crippen molar-refractivity contribution >= 4 is 34.0 Å². The van der Waals surface area contributed by atoms with Gasteiger partial charge in [-0.15, -0.1) is 22.9 Å². The van der Waals surface area contributed by atoms with Crippen LogP contribution in [0, 0.1) is 0 Å². The van der Waals surface area contributed by atoms with E-state index in [4.69, 9.17) is 11.6 Å². The molecule has 116 valence electrons. The molecule has 0 aliphatic rings. The van der Waals surface area contributed by atoms with Gasteiger partial charge in [-0.3, -0.25) is 4.79 Å². The number of thiazole rings is 1. The highest BCUT2D eigenvalue weighted by molar-refractivity contribution is 7.14. The molecule has 0 radical (unpaired) electrons. The van der Waals surface area contributed by atoms with E-state index in [1.807, 2.05) is 35.7 Å². The number of nitrogens with zero attached hydrogens (tertiary/aromatic N) is 1. The Kier molecular flexibility index (Phi) is 5.05. The summed E-state index contributed by atoms with van der Waals surface area (Å²) < 4.78 is 0. The number of aromatic nitrogens is 1. The largest absolute Gasteiger partial charge is 0.302 e. The summed E-state index contributed by atoms with van der Waals surface area (Å²) in [4.78, 5) is 16.0. The van der Waals surface area contributed by atoms with Gasteiger partial charge in [0.1, 0.15) is 0 Å². The minimum Gasteiger partial charge on any atom is -0.302 e. The fraction of sp³-hybridized carbons (Fsp3) is 0.111. The molecule has 3 nitrogen and oxygen atoms in total. The Bertz CT molecular complexity index is 784. The minimum absolute atomic E-state index is 0.111. The van der Waals surface area contributed by atoms with Crippen molar-refractivity contribution < 1.29 is 4.79 Å². The lowest BCUT2D eigenvalue weighted by Gasteiger charge is -2.03. The van der Waals surface area contributed by atoms with Gasteiger partial charge in [0.25, 0.3) is 0 Å². The van der Waals surface area contributed by atoms with Crippen molar-refractivity contribution in [2.75, 3.05) is 11.2 Å². The molecule has 1 amide bonds. The van der Waals surface area contributed by atoms with Crippen LogP contribution in [0.1, 0.15) is 6.42 Å². The van der Waals surface area contributed by atoms with Crippen LogP contribution in [0.4, 0.5) is 5.13 Å². The SMILES string of the molecule is O=C(CCCl)Nc1nc(-c2ccc(-c3ccccc3)cc2)cs1. The van der Waals surface area contributed by atoms with Crippen LogP contribution in [-0.4, -0.2) is 16.8 Å². The summed E-state index contributed by atoms with van der Waals surface area (Å²) in [6.07, 6.45) is 0.294. The number of halogens is 1. The number of anilines is 1. The van der Waals surface area contributed by atoms with E-state index in [9.17, 15) is 4.79 Å². The van der Waals surface area contributed by atoms with E-state index in [0.29, 0.717) is 17.4 Å². The zero-order chi connectivity index (χ0) is 16.1. The Morgan fingerprint density at radius 3 is 2.35 bits per heavy atom. The van der Waals surface area contributed by atoms with E-state index < -0.39 is 0 Å². The molecule has 1 aromatic heterocycles. The van der Waals surface area contributed by atoms with Crippen molar-refractivity contribution in [3.05, 3.63) is 60.0 Å². The molecule has 2 aromatic carbocycles. The predicted octanol–water partition coefficient (Wildman–Crippen LogP) is 5.04. The molecule has 1 heterocycles. The van der Waals surface area contributed by atoms with Crippen LogP contribution in [0.15, 0.2) is 60.0 Å². The Balaban J connectivity index is 1.75. The number of alkyl halides is 1. The van der Waals surface area contributed by atoms with Crippen molar-refractivity contribution in [2.45, 2.75) is 6.42 Å². The molecule has 3 rings (SSSR count). The predicted molar refractivity (Wildman–Crippen MR) is 97.0 cm³/mol. The molecular weight excluding hydrogens is 328 g/mol. The van der Waals surface area contributed by atoms with Gasteiger partial charge in [-0.25, -0.2) is 4.98 Å². The molecule has 0 aliphatic heterocycles. The Morgan fingerprint density at radius 1 is 1.00 bits per heavy atom. The molecule has 0 atom stereocenters. The van der Waals surface area contributed by atoms with Crippen LogP contribution in [0.2, 0.25) is 0 Å². The van der Waals surface area contributed by atoms with Crippen molar-refractivity contribution in [1.29, 1.82) is 0 Å². The van der Waals surface area contributed by atoms with Gasteiger partial charge >= 0.3 is 0 Å². The van der Waals surface area contributed by atoms with Crippen LogP contribution in [0.3, 0.4) is 0 Å². The first-order valence-corrected chi connectivity index (χ1v) is 8.65. The fourth-order valence-electron chi connectivity index (χ4n) is 2.20. The van der Waals surface area contributed by atoms with Gasteiger partial charge in [0.15, 0.2) is 5.13 Å². The highest BCUT2D eigenvalue weighted by atomic mass is 35.5. The third-order valence-corrected chi connectivity index (χ3v) is 4.31. The van der Waals surface area contributed by atoms with Crippen molar-refractivity contribution in [2.24, 2.45) is 0 Å². The standard InChI is InChI=1S/C18H15ClN2OS/c19-11-10-17(22)21-18-20-16(12-23-18)15-8-6-14(7-9-15)13-4-2-1-3-5-13/h1-9,12H,10-11H2,(H,20,21,22). The lowest BCUT2D eigenvalue weighted by Crippen LogP contribution is -2.11. The van der Waals surface area contributed by atoms with Gasteiger partial charge < -0.3 is 5.32 Å². The fourth-order valence-corrected chi connectivity index (χ4v) is 3.10. The zero-order valence-corrected chi connectivity index (χ0v) is 13.9. The highest BCUT2D eigenvalue weighted by Crippen LogP contribution is 2.27. The summed E-state index contributed by atoms with van der Waals surface area (Å²) in [5, 5.41) is 5.29. The molecule has 0 fully saturated rings. The average Bonchev–Trinajstić information content (AvgIpc) is 3.04. The summed E-state index contributed by atoms with van der Waals surface area (Å²) >= 11 is 6.96. The quantitative estimate of drug-likeness (QED) is 0.659. The molecule has 1 N–H and O–H groups in total. The number of nitrogens with one attached hydrogen (secondary N) is 1. The number of amides is 1. The van der Waals surface area contributed by atoms with Gasteiger partial charge in [0, 0.05) is 23.2 Å². The summed E-state index contributed by atoms with van der Waals surface area (Å²) in [7, 11) is 0. The lowest BCUT2D eigenvalue weighted by molar-refractivity contribution is -0.115. The van der Waals surface area contributed by atoms with Crippen LogP contribution in [-0.2, 0) is 4.79 Å². The van der Waals surface area contributed by atoms with Crippen LogP contribution in [0.25, 0.3) is 22.4 Å². The summed E-state index contributed by atoms with van der Waals surface area (Å²) in [5.41, 5.74) is 4.24. The second-order valence-electron chi connectivity index (χ2n) is 4.97. The van der Waals surface area contributed by atoms with Gasteiger partial charge in [0.05, 0.1) is 5.69 Å².